The monoisotopic (exact) mass is 301 g/mol. The van der Waals surface area contributed by atoms with Gasteiger partial charge in [0, 0.05) is 10.4 Å². The van der Waals surface area contributed by atoms with Gasteiger partial charge in [0.05, 0.1) is 17.2 Å². The average molecular weight is 301 g/mol. The number of rotatable bonds is 4. The number of carbonyl (C=O) groups is 1. The largest absolute Gasteiger partial charge is 0.494 e. The highest BCUT2D eigenvalue weighted by Gasteiger charge is 2.24. The quantitative estimate of drug-likeness (QED) is 0.873. The van der Waals surface area contributed by atoms with Crippen LogP contribution in [0.4, 0.5) is 5.00 Å². The molecule has 1 aromatic carbocycles. The first-order valence-corrected chi connectivity index (χ1v) is 8.20. The normalized spacial score (nSPS) is 13.8. The number of nitrogen functional groups attached to an aromatic ring is 1. The van der Waals surface area contributed by atoms with Crippen LogP contribution in [0.25, 0.3) is 0 Å². The predicted octanol–water partition coefficient (Wildman–Crippen LogP) is 3.84. The maximum Gasteiger partial charge on any atom is 0.196 e. The highest BCUT2D eigenvalue weighted by Crippen LogP contribution is 2.37. The smallest absolute Gasteiger partial charge is 0.196 e. The molecule has 0 unspecified atom stereocenters. The summed E-state index contributed by atoms with van der Waals surface area (Å²) in [6.07, 6.45) is 4.37. The Morgan fingerprint density at radius 2 is 1.95 bits per heavy atom. The van der Waals surface area contributed by atoms with Gasteiger partial charge in [-0.05, 0) is 62.4 Å². The van der Waals surface area contributed by atoms with Crippen LogP contribution >= 0.6 is 11.3 Å². The molecule has 1 aliphatic rings. The zero-order valence-electron chi connectivity index (χ0n) is 12.1. The highest BCUT2D eigenvalue weighted by molar-refractivity contribution is 7.16. The second kappa shape index (κ2) is 5.90. The first-order valence-electron chi connectivity index (χ1n) is 7.38. The zero-order valence-corrected chi connectivity index (χ0v) is 13.0. The van der Waals surface area contributed by atoms with Crippen LogP contribution in [0.2, 0.25) is 0 Å². The minimum absolute atomic E-state index is 0.0370. The Hall–Kier alpha value is -1.81. The van der Waals surface area contributed by atoms with Crippen LogP contribution in [-0.2, 0) is 12.8 Å². The van der Waals surface area contributed by atoms with E-state index in [1.165, 1.54) is 16.9 Å². The molecule has 0 aliphatic heterocycles. The highest BCUT2D eigenvalue weighted by atomic mass is 32.1. The summed E-state index contributed by atoms with van der Waals surface area (Å²) in [5.41, 5.74) is 8.71. The van der Waals surface area contributed by atoms with Crippen LogP contribution in [0.1, 0.15) is 46.1 Å². The van der Waals surface area contributed by atoms with Gasteiger partial charge >= 0.3 is 0 Å². The van der Waals surface area contributed by atoms with Gasteiger partial charge in [0.15, 0.2) is 5.78 Å². The Labute approximate surface area is 128 Å². The number of ether oxygens (including phenoxy) is 1. The van der Waals surface area contributed by atoms with Crippen molar-refractivity contribution < 1.29 is 9.53 Å². The molecule has 21 heavy (non-hydrogen) atoms. The van der Waals surface area contributed by atoms with E-state index in [1.807, 2.05) is 31.2 Å². The fourth-order valence-corrected chi connectivity index (χ4v) is 4.01. The zero-order chi connectivity index (χ0) is 14.8. The molecular formula is C17H19NO2S. The number of aryl methyl sites for hydroxylation is 1. The third-order valence-electron chi connectivity index (χ3n) is 3.85. The van der Waals surface area contributed by atoms with Crippen molar-refractivity contribution in [1.82, 2.24) is 0 Å². The molecule has 3 nitrogen and oxygen atoms in total. The number of ketones is 1. The molecule has 3 rings (SSSR count). The third kappa shape index (κ3) is 2.68. The van der Waals surface area contributed by atoms with Gasteiger partial charge in [-0.2, -0.15) is 0 Å². The van der Waals surface area contributed by atoms with E-state index in [1.54, 1.807) is 11.3 Å². The Morgan fingerprint density at radius 1 is 1.24 bits per heavy atom. The van der Waals surface area contributed by atoms with Gasteiger partial charge in [-0.3, -0.25) is 4.79 Å². The first kappa shape index (κ1) is 14.1. The van der Waals surface area contributed by atoms with Gasteiger partial charge < -0.3 is 10.5 Å². The van der Waals surface area contributed by atoms with Crippen LogP contribution < -0.4 is 10.5 Å². The molecule has 1 aromatic heterocycles. The number of anilines is 1. The molecule has 4 heteroatoms. The van der Waals surface area contributed by atoms with E-state index in [2.05, 4.69) is 0 Å². The van der Waals surface area contributed by atoms with E-state index in [9.17, 15) is 4.79 Å². The molecule has 2 aromatic rings. The standard InChI is InChI=1S/C17H19NO2S/c1-2-20-12-9-7-11(8-10-12)16(19)15-13-5-3-4-6-14(13)21-17(15)18/h7-10H,2-6,18H2,1H3. The second-order valence-corrected chi connectivity index (χ2v) is 6.37. The summed E-state index contributed by atoms with van der Waals surface area (Å²) in [6, 6.07) is 7.32. The lowest BCUT2D eigenvalue weighted by Crippen LogP contribution is -2.09. The van der Waals surface area contributed by atoms with Crippen molar-refractivity contribution >= 4 is 22.1 Å². The molecule has 2 N–H and O–H groups in total. The summed E-state index contributed by atoms with van der Waals surface area (Å²) < 4.78 is 5.41. The van der Waals surface area contributed by atoms with Gasteiger partial charge in [-0.1, -0.05) is 0 Å². The van der Waals surface area contributed by atoms with Crippen LogP contribution in [0, 0.1) is 0 Å². The number of nitrogens with two attached hydrogens (primary N) is 1. The van der Waals surface area contributed by atoms with Crippen molar-refractivity contribution in [2.75, 3.05) is 12.3 Å². The van der Waals surface area contributed by atoms with Crippen LogP contribution in [0.3, 0.4) is 0 Å². The van der Waals surface area contributed by atoms with Crippen molar-refractivity contribution in [2.24, 2.45) is 0 Å². The maximum absolute atomic E-state index is 12.8. The molecule has 0 amide bonds. The number of benzene rings is 1. The Bertz CT molecular complexity index is 658. The third-order valence-corrected chi connectivity index (χ3v) is 4.97. The number of hydrogen-bond donors (Lipinski definition) is 1. The summed E-state index contributed by atoms with van der Waals surface area (Å²) in [5, 5.41) is 0.667. The van der Waals surface area contributed by atoms with Gasteiger partial charge in [-0.25, -0.2) is 0 Å². The van der Waals surface area contributed by atoms with Crippen molar-refractivity contribution in [3.05, 3.63) is 45.8 Å². The molecule has 1 aliphatic carbocycles. The van der Waals surface area contributed by atoms with E-state index < -0.39 is 0 Å². The summed E-state index contributed by atoms with van der Waals surface area (Å²) >= 11 is 1.58. The minimum Gasteiger partial charge on any atom is -0.494 e. The van der Waals surface area contributed by atoms with Crippen molar-refractivity contribution in [1.29, 1.82) is 0 Å². The Balaban J connectivity index is 1.93. The van der Waals surface area contributed by atoms with Gasteiger partial charge in [-0.15, -0.1) is 11.3 Å². The fourth-order valence-electron chi connectivity index (χ4n) is 2.85. The van der Waals surface area contributed by atoms with Crippen molar-refractivity contribution in [3.8, 4) is 5.75 Å². The molecule has 0 radical (unpaired) electrons. The molecule has 0 atom stereocenters. The van der Waals surface area contributed by atoms with Crippen LogP contribution in [-0.4, -0.2) is 12.4 Å². The lowest BCUT2D eigenvalue weighted by atomic mass is 9.92. The second-order valence-electron chi connectivity index (χ2n) is 5.24. The van der Waals surface area contributed by atoms with Crippen LogP contribution in [0.15, 0.2) is 24.3 Å². The first-order chi connectivity index (χ1) is 10.2. The maximum atomic E-state index is 12.8. The molecule has 0 fully saturated rings. The number of hydrogen-bond acceptors (Lipinski definition) is 4. The van der Waals surface area contributed by atoms with E-state index in [-0.39, 0.29) is 5.78 Å². The van der Waals surface area contributed by atoms with E-state index in [0.717, 1.165) is 30.6 Å². The minimum atomic E-state index is 0.0370. The molecule has 0 bridgehead atoms. The Morgan fingerprint density at radius 3 is 2.67 bits per heavy atom. The molecule has 0 saturated carbocycles. The van der Waals surface area contributed by atoms with E-state index >= 15 is 0 Å². The topological polar surface area (TPSA) is 52.3 Å². The predicted molar refractivity (Wildman–Crippen MR) is 86.4 cm³/mol. The molecule has 110 valence electrons. The summed E-state index contributed by atoms with van der Waals surface area (Å²) in [4.78, 5) is 14.1. The van der Waals surface area contributed by atoms with E-state index in [0.29, 0.717) is 17.2 Å². The summed E-state index contributed by atoms with van der Waals surface area (Å²) in [5.74, 6) is 0.823. The number of thiophene rings is 1. The SMILES string of the molecule is CCOc1ccc(C(=O)c2c(N)sc3c2CCCC3)cc1. The van der Waals surface area contributed by atoms with Crippen molar-refractivity contribution in [2.45, 2.75) is 32.6 Å². The lowest BCUT2D eigenvalue weighted by Gasteiger charge is -2.12. The summed E-state index contributed by atoms with van der Waals surface area (Å²) in [7, 11) is 0. The molecule has 0 saturated heterocycles. The number of carbonyl (C=O) groups excluding carboxylic acids is 1. The van der Waals surface area contributed by atoms with E-state index in [4.69, 9.17) is 10.5 Å². The summed E-state index contributed by atoms with van der Waals surface area (Å²) in [6.45, 7) is 2.57. The fraction of sp³-hybridized carbons (Fsp3) is 0.353. The molecule has 0 spiro atoms. The Kier molecular flexibility index (Phi) is 3.97. The molecular weight excluding hydrogens is 282 g/mol. The van der Waals surface area contributed by atoms with Crippen molar-refractivity contribution in [3.63, 3.8) is 0 Å². The van der Waals surface area contributed by atoms with Gasteiger partial charge in [0.25, 0.3) is 0 Å². The average Bonchev–Trinajstić information content (AvgIpc) is 2.83. The molecule has 1 heterocycles. The lowest BCUT2D eigenvalue weighted by molar-refractivity contribution is 0.103. The van der Waals surface area contributed by atoms with Gasteiger partial charge in [0.1, 0.15) is 5.75 Å². The van der Waals surface area contributed by atoms with Gasteiger partial charge in [0.2, 0.25) is 0 Å². The number of fused-ring (bicyclic) bond motifs is 1. The van der Waals surface area contributed by atoms with Crippen LogP contribution in [0.5, 0.6) is 5.75 Å².